The highest BCUT2D eigenvalue weighted by Crippen LogP contribution is 2.26. The van der Waals surface area contributed by atoms with Gasteiger partial charge in [-0.3, -0.25) is 4.57 Å². The van der Waals surface area contributed by atoms with Crippen LogP contribution in [0.4, 0.5) is 0 Å². The highest BCUT2D eigenvalue weighted by molar-refractivity contribution is 7.33. The lowest BCUT2D eigenvalue weighted by atomic mass is 9.94. The summed E-state index contributed by atoms with van der Waals surface area (Å²) in [6.07, 6.45) is 9.93. The lowest BCUT2D eigenvalue weighted by Crippen LogP contribution is -2.15. The zero-order valence-electron chi connectivity index (χ0n) is 18.2. The van der Waals surface area contributed by atoms with Crippen LogP contribution >= 0.6 is 8.25 Å². The van der Waals surface area contributed by atoms with E-state index >= 15 is 0 Å². The van der Waals surface area contributed by atoms with Gasteiger partial charge in [0.05, 0.1) is 24.6 Å². The molecule has 0 radical (unpaired) electrons. The van der Waals surface area contributed by atoms with Crippen molar-refractivity contribution in [3.63, 3.8) is 0 Å². The maximum atomic E-state index is 12.0. The van der Waals surface area contributed by atoms with E-state index in [1.54, 1.807) is 0 Å². The first-order valence-electron chi connectivity index (χ1n) is 10.7. The highest BCUT2D eigenvalue weighted by Gasteiger charge is 2.15. The minimum Gasteiger partial charge on any atom is -0.411 e. The molecular weight excluding hydrogens is 379 g/mol. The molecule has 2 N–H and O–H groups in total. The second-order valence-electron chi connectivity index (χ2n) is 7.40. The Labute approximate surface area is 171 Å². The lowest BCUT2D eigenvalue weighted by molar-refractivity contribution is 0.256. The average molecular weight is 421 g/mol. The number of hydrogen-bond acceptors (Lipinski definition) is 7. The van der Waals surface area contributed by atoms with Gasteiger partial charge < -0.3 is 19.5 Å². The van der Waals surface area contributed by atoms with Crippen molar-refractivity contribution in [3.8, 4) is 0 Å². The quantitative estimate of drug-likeness (QED) is 0.118. The molecule has 0 saturated heterocycles. The van der Waals surface area contributed by atoms with E-state index in [9.17, 15) is 15.0 Å². The number of rotatable bonds is 18. The van der Waals surface area contributed by atoms with Gasteiger partial charge in [0.2, 0.25) is 0 Å². The van der Waals surface area contributed by atoms with Crippen LogP contribution in [0.15, 0.2) is 10.3 Å². The fourth-order valence-corrected chi connectivity index (χ4v) is 3.79. The summed E-state index contributed by atoms with van der Waals surface area (Å²) in [5.41, 5.74) is 0.957. The first-order valence-corrected chi connectivity index (χ1v) is 12.0. The van der Waals surface area contributed by atoms with Gasteiger partial charge in [-0.1, -0.05) is 89.4 Å². The van der Waals surface area contributed by atoms with Crippen molar-refractivity contribution in [3.05, 3.63) is 0 Å². The van der Waals surface area contributed by atoms with Gasteiger partial charge in [-0.15, -0.1) is 0 Å². The second kappa shape index (κ2) is 18.1. The Morgan fingerprint density at radius 3 is 1.50 bits per heavy atom. The average Bonchev–Trinajstić information content (AvgIpc) is 2.72. The Balaban J connectivity index is 4.33. The van der Waals surface area contributed by atoms with Gasteiger partial charge in [-0.2, -0.15) is 0 Å². The summed E-state index contributed by atoms with van der Waals surface area (Å²) in [6.45, 7) is 8.49. The first-order chi connectivity index (χ1) is 13.5. The molecule has 0 aliphatic heterocycles. The molecule has 0 aromatic rings. The zero-order valence-corrected chi connectivity index (χ0v) is 19.2. The molecule has 0 aliphatic carbocycles. The number of hydrogen-bond donors (Lipinski definition) is 2. The summed E-state index contributed by atoms with van der Waals surface area (Å²) in [5.74, 6) is 0.861. The third-order valence-electron chi connectivity index (χ3n) is 5.13. The molecule has 0 aromatic carbocycles. The van der Waals surface area contributed by atoms with Crippen molar-refractivity contribution < 1.29 is 24.0 Å². The summed E-state index contributed by atoms with van der Waals surface area (Å²) in [4.78, 5) is 0. The second-order valence-corrected chi connectivity index (χ2v) is 8.48. The molecule has 0 amide bonds. The van der Waals surface area contributed by atoms with Gasteiger partial charge >= 0.3 is 8.25 Å². The molecule has 0 saturated carbocycles. The Morgan fingerprint density at radius 1 is 0.821 bits per heavy atom. The molecule has 0 heterocycles. The smallest absolute Gasteiger partial charge is 0.319 e. The van der Waals surface area contributed by atoms with Crippen molar-refractivity contribution in [1.29, 1.82) is 0 Å². The van der Waals surface area contributed by atoms with Crippen LogP contribution in [0.1, 0.15) is 91.9 Å². The van der Waals surface area contributed by atoms with Gasteiger partial charge in [0, 0.05) is 0 Å². The minimum atomic E-state index is -2.75. The van der Waals surface area contributed by atoms with Crippen LogP contribution in [-0.4, -0.2) is 35.1 Å². The topological polar surface area (TPSA) is 101 Å². The van der Waals surface area contributed by atoms with Crippen molar-refractivity contribution >= 4 is 19.7 Å². The van der Waals surface area contributed by atoms with Crippen LogP contribution in [0.2, 0.25) is 0 Å². The van der Waals surface area contributed by atoms with Crippen LogP contribution in [0.5, 0.6) is 0 Å². The normalized spacial score (nSPS) is 16.1. The lowest BCUT2D eigenvalue weighted by Gasteiger charge is -2.16. The van der Waals surface area contributed by atoms with E-state index < -0.39 is 8.25 Å². The van der Waals surface area contributed by atoms with E-state index in [0.717, 1.165) is 51.4 Å². The molecular formula is C20H41N2O5P. The van der Waals surface area contributed by atoms with E-state index in [0.29, 0.717) is 36.1 Å². The van der Waals surface area contributed by atoms with Crippen molar-refractivity contribution in [1.82, 2.24) is 0 Å². The van der Waals surface area contributed by atoms with E-state index in [4.69, 9.17) is 9.05 Å². The van der Waals surface area contributed by atoms with E-state index in [2.05, 4.69) is 38.0 Å². The molecule has 2 unspecified atom stereocenters. The third kappa shape index (κ3) is 13.3. The Bertz CT molecular complexity index is 432. The molecule has 8 heteroatoms. The van der Waals surface area contributed by atoms with E-state index in [1.807, 2.05) is 0 Å². The molecule has 0 spiro atoms. The predicted molar refractivity (Wildman–Crippen MR) is 115 cm³/mol. The van der Waals surface area contributed by atoms with Gasteiger partial charge in [-0.25, -0.2) is 0 Å². The van der Waals surface area contributed by atoms with Crippen molar-refractivity contribution in [2.24, 2.45) is 22.1 Å². The van der Waals surface area contributed by atoms with Crippen LogP contribution in [-0.2, 0) is 13.6 Å². The standard InChI is InChI=1S/C20H41N2O5P/c1-5-9-11-17(7-3)13-19(21-23)15-26-28(25)27-16-20(22-24)14-18(8-4)12-10-6-2/h17-18,23-24,28H,5-16H2,1-4H3. The maximum Gasteiger partial charge on any atom is 0.319 e. The highest BCUT2D eigenvalue weighted by atomic mass is 31.1. The van der Waals surface area contributed by atoms with Crippen molar-refractivity contribution in [2.45, 2.75) is 91.9 Å². The molecule has 0 bridgehead atoms. The summed E-state index contributed by atoms with van der Waals surface area (Å²) >= 11 is 0. The maximum absolute atomic E-state index is 12.0. The molecule has 0 aliphatic rings. The Kier molecular flexibility index (Phi) is 17.6. The van der Waals surface area contributed by atoms with E-state index in [1.165, 1.54) is 0 Å². The SMILES string of the molecule is CCCCC(CC)CC(CO[PH](=O)OCC(CC(CC)CCCC)=NO)=NO. The summed E-state index contributed by atoms with van der Waals surface area (Å²) in [7, 11) is -2.75. The Hall–Kier alpha value is -0.910. The van der Waals surface area contributed by atoms with E-state index in [-0.39, 0.29) is 13.2 Å². The first kappa shape index (κ1) is 27.1. The number of oxime groups is 2. The molecule has 0 rings (SSSR count). The largest absolute Gasteiger partial charge is 0.411 e. The summed E-state index contributed by atoms with van der Waals surface area (Å²) in [5, 5.41) is 25.0. The monoisotopic (exact) mass is 420 g/mol. The third-order valence-corrected chi connectivity index (χ3v) is 5.89. The van der Waals surface area contributed by atoms with Gasteiger partial charge in [0.1, 0.15) is 0 Å². The minimum absolute atomic E-state index is 0.0173. The molecule has 166 valence electrons. The van der Waals surface area contributed by atoms with Crippen LogP contribution in [0.25, 0.3) is 0 Å². The molecule has 7 nitrogen and oxygen atoms in total. The predicted octanol–water partition coefficient (Wildman–Crippen LogP) is 6.28. The van der Waals surface area contributed by atoms with Gasteiger partial charge in [-0.05, 0) is 24.7 Å². The summed E-state index contributed by atoms with van der Waals surface area (Å²) in [6, 6.07) is 0. The van der Waals surface area contributed by atoms with Crippen LogP contribution in [0, 0.1) is 11.8 Å². The zero-order chi connectivity index (χ0) is 21.2. The summed E-state index contributed by atoms with van der Waals surface area (Å²) < 4.78 is 22.5. The Morgan fingerprint density at radius 2 is 1.21 bits per heavy atom. The van der Waals surface area contributed by atoms with Gasteiger partial charge in [0.25, 0.3) is 0 Å². The molecule has 28 heavy (non-hydrogen) atoms. The number of nitrogens with zero attached hydrogens (tertiary/aromatic N) is 2. The van der Waals surface area contributed by atoms with Crippen LogP contribution in [0.3, 0.4) is 0 Å². The molecule has 0 aromatic heterocycles. The van der Waals surface area contributed by atoms with Crippen molar-refractivity contribution in [2.75, 3.05) is 13.2 Å². The molecule has 2 atom stereocenters. The van der Waals surface area contributed by atoms with Crippen LogP contribution < -0.4 is 0 Å². The number of unbranched alkanes of at least 4 members (excludes halogenated alkanes) is 2. The fraction of sp³-hybridized carbons (Fsp3) is 0.900. The fourth-order valence-electron chi connectivity index (χ4n) is 3.14. The molecule has 0 fully saturated rings. The van der Waals surface area contributed by atoms with Gasteiger partial charge in [0.15, 0.2) is 0 Å².